The van der Waals surface area contributed by atoms with E-state index in [1.165, 1.54) is 135 Å². The summed E-state index contributed by atoms with van der Waals surface area (Å²) in [4.78, 5) is 22.8. The van der Waals surface area contributed by atoms with Crippen molar-refractivity contribution < 1.29 is 19.8 Å². The monoisotopic (exact) mass is 497 g/mol. The van der Waals surface area contributed by atoms with E-state index in [1.807, 2.05) is 0 Å². The maximum absolute atomic E-state index is 11.8. The third-order valence-corrected chi connectivity index (χ3v) is 7.07. The van der Waals surface area contributed by atoms with E-state index in [0.29, 0.717) is 6.42 Å². The number of carboxylic acids is 1. The lowest BCUT2D eigenvalue weighted by molar-refractivity contribution is -0.144. The van der Waals surface area contributed by atoms with Gasteiger partial charge in [-0.15, -0.1) is 0 Å². The van der Waals surface area contributed by atoms with Crippen molar-refractivity contribution >= 4 is 11.9 Å². The lowest BCUT2D eigenvalue weighted by Crippen LogP contribution is -2.47. The number of aliphatic hydroxyl groups excluding tert-OH is 1. The van der Waals surface area contributed by atoms with Crippen molar-refractivity contribution in [2.75, 3.05) is 0 Å². The minimum Gasteiger partial charge on any atom is -0.480 e. The van der Waals surface area contributed by atoms with Crippen LogP contribution >= 0.6 is 0 Å². The Bertz CT molecular complexity index is 481. The molecule has 5 nitrogen and oxygen atoms in total. The number of rotatable bonds is 27. The van der Waals surface area contributed by atoms with Gasteiger partial charge in [-0.25, -0.2) is 4.79 Å². The first-order chi connectivity index (χ1) is 17.0. The van der Waals surface area contributed by atoms with Gasteiger partial charge in [0, 0.05) is 6.42 Å². The molecule has 5 heteroatoms. The Morgan fingerprint density at radius 2 is 0.857 bits per heavy atom. The summed E-state index contributed by atoms with van der Waals surface area (Å²) in [5.41, 5.74) is 0. The van der Waals surface area contributed by atoms with Crippen molar-refractivity contribution in [3.63, 3.8) is 0 Å². The van der Waals surface area contributed by atoms with Crippen LogP contribution in [0.4, 0.5) is 0 Å². The molecule has 0 bridgehead atoms. The summed E-state index contributed by atoms with van der Waals surface area (Å²) in [6.45, 7) is 3.66. The first kappa shape index (κ1) is 33.9. The molecule has 0 unspecified atom stereocenters. The van der Waals surface area contributed by atoms with Gasteiger partial charge in [0.1, 0.15) is 0 Å². The maximum Gasteiger partial charge on any atom is 0.328 e. The summed E-state index contributed by atoms with van der Waals surface area (Å²) in [6.07, 6.45) is 30.0. The lowest BCUT2D eigenvalue weighted by Gasteiger charge is -2.16. The number of unbranched alkanes of at least 4 members (excludes halogenated alkanes) is 22. The second-order valence-electron chi connectivity index (χ2n) is 10.7. The molecule has 0 saturated heterocycles. The van der Waals surface area contributed by atoms with Crippen molar-refractivity contribution in [2.45, 2.75) is 180 Å². The highest BCUT2D eigenvalue weighted by atomic mass is 16.4. The average molecular weight is 498 g/mol. The van der Waals surface area contributed by atoms with Gasteiger partial charge in [-0.05, 0) is 13.3 Å². The predicted octanol–water partition coefficient (Wildman–Crippen LogP) is 8.32. The molecule has 0 heterocycles. The lowest BCUT2D eigenvalue weighted by atomic mass is 10.0. The Balaban J connectivity index is 3.23. The number of aliphatic hydroxyl groups is 1. The number of hydrogen-bond donors (Lipinski definition) is 3. The van der Waals surface area contributed by atoms with E-state index in [-0.39, 0.29) is 5.91 Å². The van der Waals surface area contributed by atoms with Gasteiger partial charge >= 0.3 is 5.97 Å². The van der Waals surface area contributed by atoms with Crippen molar-refractivity contribution in [2.24, 2.45) is 0 Å². The normalized spacial score (nSPS) is 13.0. The molecule has 0 aromatic rings. The topological polar surface area (TPSA) is 86.6 Å². The number of carboxylic acid groups (broad SMARTS) is 1. The van der Waals surface area contributed by atoms with E-state index in [0.717, 1.165) is 19.3 Å². The molecule has 0 saturated carbocycles. The van der Waals surface area contributed by atoms with Crippen LogP contribution in [0.3, 0.4) is 0 Å². The van der Waals surface area contributed by atoms with Crippen LogP contribution < -0.4 is 5.32 Å². The standard InChI is InChI=1S/C30H59NO4/c1-3-4-5-6-7-8-9-10-11-12-13-14-15-16-17-18-19-20-21-22-23-24-25-26-28(33)31-29(27(2)32)30(34)35/h27,29,32H,3-26H2,1-2H3,(H,31,33)(H,34,35)/t27-,29+/m1/s1. The smallest absolute Gasteiger partial charge is 0.328 e. The van der Waals surface area contributed by atoms with Gasteiger partial charge < -0.3 is 15.5 Å². The van der Waals surface area contributed by atoms with E-state index in [2.05, 4.69) is 12.2 Å². The highest BCUT2D eigenvalue weighted by Gasteiger charge is 2.24. The molecule has 2 atom stereocenters. The van der Waals surface area contributed by atoms with E-state index >= 15 is 0 Å². The molecule has 0 fully saturated rings. The molecule has 0 aliphatic rings. The van der Waals surface area contributed by atoms with Crippen LogP contribution in [0.25, 0.3) is 0 Å². The van der Waals surface area contributed by atoms with Gasteiger partial charge in [0.2, 0.25) is 5.91 Å². The van der Waals surface area contributed by atoms with E-state index in [4.69, 9.17) is 5.11 Å². The highest BCUT2D eigenvalue weighted by molar-refractivity contribution is 5.83. The zero-order valence-electron chi connectivity index (χ0n) is 23.3. The van der Waals surface area contributed by atoms with Crippen LogP contribution in [0.1, 0.15) is 168 Å². The van der Waals surface area contributed by atoms with Gasteiger partial charge in [0.15, 0.2) is 6.04 Å². The average Bonchev–Trinajstić information content (AvgIpc) is 2.82. The van der Waals surface area contributed by atoms with Crippen molar-refractivity contribution in [1.82, 2.24) is 5.32 Å². The molecule has 3 N–H and O–H groups in total. The molecule has 35 heavy (non-hydrogen) atoms. The predicted molar refractivity (Wildman–Crippen MR) is 148 cm³/mol. The summed E-state index contributed by atoms with van der Waals surface area (Å²) in [7, 11) is 0. The molecular weight excluding hydrogens is 438 g/mol. The number of hydrogen-bond acceptors (Lipinski definition) is 3. The minimum atomic E-state index is -1.22. The highest BCUT2D eigenvalue weighted by Crippen LogP contribution is 2.15. The van der Waals surface area contributed by atoms with Crippen LogP contribution in [0.15, 0.2) is 0 Å². The molecule has 0 rings (SSSR count). The molecule has 0 aromatic heterocycles. The molecule has 0 spiro atoms. The number of carbonyl (C=O) groups is 2. The van der Waals surface area contributed by atoms with Crippen LogP contribution in [-0.2, 0) is 9.59 Å². The van der Waals surface area contributed by atoms with E-state index in [1.54, 1.807) is 0 Å². The zero-order valence-corrected chi connectivity index (χ0v) is 23.3. The maximum atomic E-state index is 11.8. The quantitative estimate of drug-likeness (QED) is 0.0996. The summed E-state index contributed by atoms with van der Waals surface area (Å²) in [5.74, 6) is -1.49. The molecule has 0 radical (unpaired) electrons. The largest absolute Gasteiger partial charge is 0.480 e. The summed E-state index contributed by atoms with van der Waals surface area (Å²) in [5, 5.41) is 20.8. The molecule has 1 amide bonds. The summed E-state index contributed by atoms with van der Waals surface area (Å²) in [6, 6.07) is -1.22. The number of amides is 1. The number of nitrogens with one attached hydrogen (secondary N) is 1. The van der Waals surface area contributed by atoms with Crippen LogP contribution in [-0.4, -0.2) is 34.2 Å². The first-order valence-corrected chi connectivity index (χ1v) is 15.2. The van der Waals surface area contributed by atoms with Gasteiger partial charge in [-0.2, -0.15) is 0 Å². The minimum absolute atomic E-state index is 0.290. The Kier molecular flexibility index (Phi) is 25.2. The third kappa shape index (κ3) is 24.4. The van der Waals surface area contributed by atoms with Crippen LogP contribution in [0, 0.1) is 0 Å². The second-order valence-corrected chi connectivity index (χ2v) is 10.7. The molecule has 0 aliphatic heterocycles. The SMILES string of the molecule is CCCCCCCCCCCCCCCCCCCCCCCCCC(=O)N[C@H](C(=O)O)[C@@H](C)O. The van der Waals surface area contributed by atoms with E-state index < -0.39 is 18.1 Å². The van der Waals surface area contributed by atoms with Gasteiger partial charge in [-0.1, -0.05) is 148 Å². The Morgan fingerprint density at radius 3 is 1.11 bits per heavy atom. The fraction of sp³-hybridized carbons (Fsp3) is 0.933. The Labute approximate surface area is 217 Å². The van der Waals surface area contributed by atoms with Crippen LogP contribution in [0.2, 0.25) is 0 Å². The van der Waals surface area contributed by atoms with Crippen molar-refractivity contribution in [3.8, 4) is 0 Å². The number of carbonyl (C=O) groups excluding carboxylic acids is 1. The first-order valence-electron chi connectivity index (χ1n) is 15.2. The Morgan fingerprint density at radius 1 is 0.571 bits per heavy atom. The van der Waals surface area contributed by atoms with Gasteiger partial charge in [0.05, 0.1) is 6.10 Å². The van der Waals surface area contributed by atoms with Crippen molar-refractivity contribution in [1.29, 1.82) is 0 Å². The van der Waals surface area contributed by atoms with E-state index in [9.17, 15) is 14.7 Å². The third-order valence-electron chi connectivity index (χ3n) is 7.07. The molecule has 0 aromatic carbocycles. The molecule has 208 valence electrons. The molecule has 0 aliphatic carbocycles. The van der Waals surface area contributed by atoms with Gasteiger partial charge in [0.25, 0.3) is 0 Å². The zero-order chi connectivity index (χ0) is 26.0. The van der Waals surface area contributed by atoms with Crippen LogP contribution in [0.5, 0.6) is 0 Å². The van der Waals surface area contributed by atoms with Crippen molar-refractivity contribution in [3.05, 3.63) is 0 Å². The van der Waals surface area contributed by atoms with Gasteiger partial charge in [-0.3, -0.25) is 4.79 Å². The second kappa shape index (κ2) is 26.0. The fourth-order valence-corrected chi connectivity index (χ4v) is 4.71. The fourth-order valence-electron chi connectivity index (χ4n) is 4.71. The number of aliphatic carboxylic acids is 1. The summed E-state index contributed by atoms with van der Waals surface area (Å²) < 4.78 is 0. The molecular formula is C30H59NO4. The summed E-state index contributed by atoms with van der Waals surface area (Å²) >= 11 is 0. The Hall–Kier alpha value is -1.10.